The first-order chi connectivity index (χ1) is 11.5. The summed E-state index contributed by atoms with van der Waals surface area (Å²) in [5.74, 6) is 0. The highest BCUT2D eigenvalue weighted by Gasteiger charge is 2.31. The van der Waals surface area contributed by atoms with Gasteiger partial charge in [0, 0.05) is 13.1 Å². The smallest absolute Gasteiger partial charge is 0.181 e. The van der Waals surface area contributed by atoms with Crippen molar-refractivity contribution < 1.29 is 8.42 Å². The van der Waals surface area contributed by atoms with Crippen molar-refractivity contribution in [3.8, 4) is 0 Å². The molecule has 24 heavy (non-hydrogen) atoms. The van der Waals surface area contributed by atoms with E-state index in [1.54, 1.807) is 23.5 Å². The minimum absolute atomic E-state index is 0.283. The fraction of sp³-hybridized carbons (Fsp3) is 0.444. The Morgan fingerprint density at radius 1 is 1.17 bits per heavy atom. The van der Waals surface area contributed by atoms with Gasteiger partial charge in [0.15, 0.2) is 9.84 Å². The van der Waals surface area contributed by atoms with Crippen molar-refractivity contribution in [2.24, 2.45) is 5.73 Å². The van der Waals surface area contributed by atoms with Crippen LogP contribution in [0, 0.1) is 6.92 Å². The van der Waals surface area contributed by atoms with Crippen LogP contribution in [0.5, 0.6) is 0 Å². The minimum atomic E-state index is -3.25. The zero-order valence-electron chi connectivity index (χ0n) is 13.9. The highest BCUT2D eigenvalue weighted by Crippen LogP contribution is 2.32. The summed E-state index contributed by atoms with van der Waals surface area (Å²) in [4.78, 5) is 2.75. The summed E-state index contributed by atoms with van der Waals surface area (Å²) in [6.45, 7) is 4.29. The third-order valence-corrected chi connectivity index (χ3v) is 8.04. The maximum absolute atomic E-state index is 12.9. The van der Waals surface area contributed by atoms with Crippen LogP contribution in [0.25, 0.3) is 0 Å². The summed E-state index contributed by atoms with van der Waals surface area (Å²) in [5.41, 5.74) is 7.90. The maximum Gasteiger partial charge on any atom is 0.181 e. The molecule has 1 aliphatic heterocycles. The Hall–Kier alpha value is -1.37. The third kappa shape index (κ3) is 3.50. The van der Waals surface area contributed by atoms with Crippen LogP contribution in [0.3, 0.4) is 0 Å². The molecule has 2 aromatic rings. The molecule has 0 atom stereocenters. The molecule has 4 nitrogen and oxygen atoms in total. The number of aryl methyl sites for hydroxylation is 1. The predicted molar refractivity (Wildman–Crippen MR) is 101 cm³/mol. The lowest BCUT2D eigenvalue weighted by Gasteiger charge is -2.33. The van der Waals surface area contributed by atoms with E-state index in [4.69, 9.17) is 5.73 Å². The topological polar surface area (TPSA) is 63.4 Å². The van der Waals surface area contributed by atoms with Gasteiger partial charge in [-0.15, -0.1) is 11.3 Å². The lowest BCUT2D eigenvalue weighted by molar-refractivity contribution is 0.531. The molecule has 130 valence electrons. The van der Waals surface area contributed by atoms with Gasteiger partial charge in [0.25, 0.3) is 0 Å². The van der Waals surface area contributed by atoms with Gasteiger partial charge in [-0.25, -0.2) is 8.42 Å². The van der Waals surface area contributed by atoms with E-state index in [-0.39, 0.29) is 5.25 Å². The van der Waals surface area contributed by atoms with E-state index in [0.29, 0.717) is 24.3 Å². The Balaban J connectivity index is 1.69. The molecule has 0 spiro atoms. The van der Waals surface area contributed by atoms with Crippen molar-refractivity contribution in [1.29, 1.82) is 0 Å². The van der Waals surface area contributed by atoms with Gasteiger partial charge in [-0.1, -0.05) is 12.1 Å². The number of nitrogens with zero attached hydrogens (tertiary/aromatic N) is 1. The quantitative estimate of drug-likeness (QED) is 0.886. The highest BCUT2D eigenvalue weighted by molar-refractivity contribution is 7.92. The van der Waals surface area contributed by atoms with Crippen molar-refractivity contribution in [3.05, 3.63) is 46.8 Å². The van der Waals surface area contributed by atoms with Crippen molar-refractivity contribution in [2.45, 2.75) is 36.3 Å². The van der Waals surface area contributed by atoms with Crippen LogP contribution < -0.4 is 10.6 Å². The van der Waals surface area contributed by atoms with Crippen LogP contribution in [0.1, 0.15) is 24.0 Å². The number of hydrogen-bond donors (Lipinski definition) is 1. The van der Waals surface area contributed by atoms with Gasteiger partial charge in [-0.05, 0) is 67.4 Å². The molecule has 1 saturated heterocycles. The Kier molecular flexibility index (Phi) is 5.27. The van der Waals surface area contributed by atoms with Crippen molar-refractivity contribution >= 4 is 26.2 Å². The molecule has 1 fully saturated rings. The van der Waals surface area contributed by atoms with Gasteiger partial charge in [0.2, 0.25) is 0 Å². The molecule has 2 N–H and O–H groups in total. The second-order valence-corrected chi connectivity index (χ2v) is 9.45. The average Bonchev–Trinajstić information content (AvgIpc) is 3.02. The lowest BCUT2D eigenvalue weighted by Crippen LogP contribution is -2.39. The SMILES string of the molecule is Cc1ccsc1N1CCC(S(=O)(=O)c2ccc(CCN)cc2)CC1. The van der Waals surface area contributed by atoms with Crippen LogP contribution in [0.2, 0.25) is 0 Å². The third-order valence-electron chi connectivity index (χ3n) is 4.69. The number of thiophene rings is 1. The van der Waals surface area contributed by atoms with E-state index in [9.17, 15) is 8.42 Å². The van der Waals surface area contributed by atoms with Gasteiger partial charge in [-0.3, -0.25) is 0 Å². The first-order valence-electron chi connectivity index (χ1n) is 8.34. The van der Waals surface area contributed by atoms with E-state index in [0.717, 1.165) is 25.1 Å². The van der Waals surface area contributed by atoms with Gasteiger partial charge < -0.3 is 10.6 Å². The van der Waals surface area contributed by atoms with E-state index < -0.39 is 9.84 Å². The summed E-state index contributed by atoms with van der Waals surface area (Å²) < 4.78 is 25.8. The fourth-order valence-corrected chi connectivity index (χ4v) is 5.98. The molecule has 0 aliphatic carbocycles. The van der Waals surface area contributed by atoms with Crippen molar-refractivity contribution in [2.75, 3.05) is 24.5 Å². The molecule has 6 heteroatoms. The number of sulfone groups is 1. The molecule has 0 bridgehead atoms. The molecule has 0 radical (unpaired) electrons. The maximum atomic E-state index is 12.9. The number of rotatable bonds is 5. The first-order valence-corrected chi connectivity index (χ1v) is 10.8. The molecule has 1 aromatic heterocycles. The van der Waals surface area contributed by atoms with Gasteiger partial charge in [-0.2, -0.15) is 0 Å². The standard InChI is InChI=1S/C18H24N2O2S2/c1-14-9-13-23-18(14)20-11-7-17(8-12-20)24(21,22)16-4-2-15(3-5-16)6-10-19/h2-5,9,13,17H,6-8,10-12,19H2,1H3. The second-order valence-electron chi connectivity index (χ2n) is 6.32. The van der Waals surface area contributed by atoms with Crippen LogP contribution in [-0.4, -0.2) is 33.3 Å². The first kappa shape index (κ1) is 17.5. The van der Waals surface area contributed by atoms with Crippen LogP contribution in [-0.2, 0) is 16.3 Å². The Morgan fingerprint density at radius 2 is 1.83 bits per heavy atom. The second kappa shape index (κ2) is 7.25. The zero-order valence-corrected chi connectivity index (χ0v) is 15.6. The van der Waals surface area contributed by atoms with Crippen LogP contribution >= 0.6 is 11.3 Å². The number of piperidine rings is 1. The van der Waals surface area contributed by atoms with Crippen molar-refractivity contribution in [3.63, 3.8) is 0 Å². The average molecular weight is 365 g/mol. The Morgan fingerprint density at radius 3 is 2.38 bits per heavy atom. The molecule has 0 amide bonds. The van der Waals surface area contributed by atoms with Gasteiger partial charge in [0.05, 0.1) is 15.1 Å². The van der Waals surface area contributed by atoms with Crippen molar-refractivity contribution in [1.82, 2.24) is 0 Å². The van der Waals surface area contributed by atoms with E-state index in [1.807, 2.05) is 12.1 Å². The number of hydrogen-bond acceptors (Lipinski definition) is 5. The van der Waals surface area contributed by atoms with E-state index in [1.165, 1.54) is 10.6 Å². The monoisotopic (exact) mass is 364 g/mol. The normalized spacial score (nSPS) is 16.5. The summed E-state index contributed by atoms with van der Waals surface area (Å²) in [7, 11) is -3.25. The Bertz CT molecular complexity index is 774. The molecule has 2 heterocycles. The lowest BCUT2D eigenvalue weighted by atomic mass is 10.1. The molecule has 3 rings (SSSR count). The summed E-state index contributed by atoms with van der Waals surface area (Å²) >= 11 is 1.73. The molecule has 1 aromatic carbocycles. The predicted octanol–water partition coefficient (Wildman–Crippen LogP) is 3.00. The molecule has 0 unspecified atom stereocenters. The summed E-state index contributed by atoms with van der Waals surface area (Å²) in [5, 5.41) is 3.09. The highest BCUT2D eigenvalue weighted by atomic mass is 32.2. The Labute approximate surface area is 148 Å². The fourth-order valence-electron chi connectivity index (χ4n) is 3.26. The number of benzene rings is 1. The molecular weight excluding hydrogens is 340 g/mol. The van der Waals surface area contributed by atoms with Crippen LogP contribution in [0.4, 0.5) is 5.00 Å². The summed E-state index contributed by atoms with van der Waals surface area (Å²) in [6, 6.07) is 9.34. The minimum Gasteiger partial charge on any atom is -0.363 e. The molecule has 0 saturated carbocycles. The summed E-state index contributed by atoms with van der Waals surface area (Å²) in [6.07, 6.45) is 2.15. The van der Waals surface area contributed by atoms with E-state index >= 15 is 0 Å². The number of nitrogens with two attached hydrogens (primary N) is 1. The van der Waals surface area contributed by atoms with Gasteiger partial charge in [0.1, 0.15) is 0 Å². The van der Waals surface area contributed by atoms with Gasteiger partial charge >= 0.3 is 0 Å². The van der Waals surface area contributed by atoms with E-state index in [2.05, 4.69) is 23.3 Å². The molecule has 1 aliphatic rings. The number of anilines is 1. The molecular formula is C18H24N2O2S2. The largest absolute Gasteiger partial charge is 0.363 e. The van der Waals surface area contributed by atoms with Crippen LogP contribution in [0.15, 0.2) is 40.6 Å². The zero-order chi connectivity index (χ0) is 17.2.